The van der Waals surface area contributed by atoms with Crippen LogP contribution >= 0.6 is 11.6 Å². The molecular weight excluding hydrogens is 471 g/mol. The molecule has 3 aromatic carbocycles. The SMILES string of the molecule is COc1ccc(C2NC(=O)N=C(CCc3ccccc3Cl)C2C(=O)OCc2ccccc2)cc1F. The summed E-state index contributed by atoms with van der Waals surface area (Å²) in [6.07, 6.45) is 0.773. The van der Waals surface area contributed by atoms with Gasteiger partial charge in [0.05, 0.1) is 13.2 Å². The van der Waals surface area contributed by atoms with E-state index in [-0.39, 0.29) is 12.4 Å². The van der Waals surface area contributed by atoms with Crippen LogP contribution in [0.25, 0.3) is 0 Å². The van der Waals surface area contributed by atoms with Crippen LogP contribution in [0.5, 0.6) is 5.75 Å². The van der Waals surface area contributed by atoms with Crippen LogP contribution in [-0.4, -0.2) is 24.8 Å². The van der Waals surface area contributed by atoms with Crippen molar-refractivity contribution in [1.82, 2.24) is 5.32 Å². The second-order valence-corrected chi connectivity index (χ2v) is 8.49. The third-order valence-corrected chi connectivity index (χ3v) is 6.21. The van der Waals surface area contributed by atoms with Crippen LogP contribution in [0.1, 0.15) is 29.2 Å². The molecule has 1 N–H and O–H groups in total. The smallest absolute Gasteiger partial charge is 0.341 e. The van der Waals surface area contributed by atoms with Crippen molar-refractivity contribution in [1.29, 1.82) is 0 Å². The molecule has 1 heterocycles. The molecule has 0 spiro atoms. The van der Waals surface area contributed by atoms with Gasteiger partial charge in [-0.3, -0.25) is 4.79 Å². The zero-order valence-corrected chi connectivity index (χ0v) is 19.8. The minimum absolute atomic E-state index is 0.0611. The Labute approximate surface area is 207 Å². The van der Waals surface area contributed by atoms with Gasteiger partial charge in [-0.2, -0.15) is 0 Å². The van der Waals surface area contributed by atoms with Gasteiger partial charge in [0, 0.05) is 10.7 Å². The predicted octanol–water partition coefficient (Wildman–Crippen LogP) is 5.69. The highest BCUT2D eigenvalue weighted by Gasteiger charge is 2.40. The van der Waals surface area contributed by atoms with Crippen molar-refractivity contribution in [2.45, 2.75) is 25.5 Å². The molecule has 6 nitrogen and oxygen atoms in total. The topological polar surface area (TPSA) is 77.0 Å². The summed E-state index contributed by atoms with van der Waals surface area (Å²) in [5.74, 6) is -2.04. The van der Waals surface area contributed by atoms with Crippen LogP contribution in [-0.2, 0) is 22.6 Å². The molecule has 0 aromatic heterocycles. The average Bonchev–Trinajstić information content (AvgIpc) is 2.87. The maximum Gasteiger partial charge on any atom is 0.341 e. The molecule has 2 atom stereocenters. The normalized spacial score (nSPS) is 17.3. The van der Waals surface area contributed by atoms with E-state index in [1.165, 1.54) is 19.2 Å². The van der Waals surface area contributed by atoms with Crippen molar-refractivity contribution in [2.24, 2.45) is 10.9 Å². The monoisotopic (exact) mass is 494 g/mol. The molecule has 180 valence electrons. The largest absolute Gasteiger partial charge is 0.494 e. The highest BCUT2D eigenvalue weighted by atomic mass is 35.5. The highest BCUT2D eigenvalue weighted by molar-refractivity contribution is 6.31. The number of rotatable bonds is 8. The van der Waals surface area contributed by atoms with Crippen LogP contribution in [0.4, 0.5) is 9.18 Å². The van der Waals surface area contributed by atoms with Gasteiger partial charge in [0.15, 0.2) is 11.6 Å². The fraction of sp³-hybridized carbons (Fsp3) is 0.222. The molecule has 2 amide bonds. The number of carbonyl (C=O) groups excluding carboxylic acids is 2. The molecule has 35 heavy (non-hydrogen) atoms. The van der Waals surface area contributed by atoms with E-state index < -0.39 is 29.8 Å². The first-order chi connectivity index (χ1) is 17.0. The summed E-state index contributed by atoms with van der Waals surface area (Å²) in [6.45, 7) is 0.0611. The van der Waals surface area contributed by atoms with Crippen LogP contribution < -0.4 is 10.1 Å². The highest BCUT2D eigenvalue weighted by Crippen LogP contribution is 2.32. The first-order valence-corrected chi connectivity index (χ1v) is 11.5. The molecule has 4 rings (SSSR count). The fourth-order valence-electron chi connectivity index (χ4n) is 4.06. The Bertz CT molecular complexity index is 1250. The Balaban J connectivity index is 1.64. The van der Waals surface area contributed by atoms with Gasteiger partial charge in [-0.25, -0.2) is 14.2 Å². The van der Waals surface area contributed by atoms with E-state index in [4.69, 9.17) is 21.1 Å². The number of ether oxygens (including phenoxy) is 2. The van der Waals surface area contributed by atoms with E-state index in [0.29, 0.717) is 29.1 Å². The lowest BCUT2D eigenvalue weighted by atomic mass is 9.85. The minimum atomic E-state index is -0.938. The Hall–Kier alpha value is -3.71. The number of aliphatic imine (C=N–C) groups is 1. The number of urea groups is 1. The van der Waals surface area contributed by atoms with E-state index in [9.17, 15) is 14.0 Å². The molecule has 2 unspecified atom stereocenters. The first-order valence-electron chi connectivity index (χ1n) is 11.1. The van der Waals surface area contributed by atoms with Gasteiger partial charge >= 0.3 is 12.0 Å². The summed E-state index contributed by atoms with van der Waals surface area (Å²) in [4.78, 5) is 30.0. The number of amides is 2. The molecule has 0 aliphatic carbocycles. The number of nitrogens with zero attached hydrogens (tertiary/aromatic N) is 1. The van der Waals surface area contributed by atoms with Crippen LogP contribution in [0.3, 0.4) is 0 Å². The summed E-state index contributed by atoms with van der Waals surface area (Å²) in [7, 11) is 1.36. The first kappa shape index (κ1) is 24.4. The minimum Gasteiger partial charge on any atom is -0.494 e. The Morgan fingerprint density at radius 1 is 1.06 bits per heavy atom. The van der Waals surface area contributed by atoms with E-state index in [0.717, 1.165) is 11.1 Å². The number of benzene rings is 3. The van der Waals surface area contributed by atoms with Crippen molar-refractivity contribution in [3.63, 3.8) is 0 Å². The number of halogens is 2. The number of methoxy groups -OCH3 is 1. The molecule has 1 aliphatic rings. The molecule has 0 fully saturated rings. The van der Waals surface area contributed by atoms with Gasteiger partial charge < -0.3 is 14.8 Å². The third kappa shape index (κ3) is 5.87. The lowest BCUT2D eigenvalue weighted by molar-refractivity contribution is -0.148. The molecule has 0 radical (unpaired) electrons. The number of esters is 1. The zero-order chi connectivity index (χ0) is 24.8. The number of hydrogen-bond acceptors (Lipinski definition) is 4. The number of nitrogens with one attached hydrogen (secondary N) is 1. The second kappa shape index (κ2) is 11.1. The molecule has 1 aliphatic heterocycles. The van der Waals surface area contributed by atoms with Crippen molar-refractivity contribution in [2.75, 3.05) is 7.11 Å². The maximum absolute atomic E-state index is 14.5. The summed E-state index contributed by atoms with van der Waals surface area (Å²) < 4.78 is 25.1. The quantitative estimate of drug-likeness (QED) is 0.408. The van der Waals surface area contributed by atoms with Gasteiger partial charge in [-0.1, -0.05) is 66.2 Å². The van der Waals surface area contributed by atoms with E-state index in [1.807, 2.05) is 48.5 Å². The molecule has 3 aromatic rings. The number of aryl methyl sites for hydroxylation is 1. The van der Waals surface area contributed by atoms with Gasteiger partial charge in [-0.15, -0.1) is 0 Å². The summed E-state index contributed by atoms with van der Waals surface area (Å²) in [5, 5.41) is 3.29. The number of carbonyl (C=O) groups is 2. The zero-order valence-electron chi connectivity index (χ0n) is 19.0. The lowest BCUT2D eigenvalue weighted by Gasteiger charge is -2.31. The molecule has 8 heteroatoms. The van der Waals surface area contributed by atoms with Crippen molar-refractivity contribution in [3.05, 3.63) is 100 Å². The molecule has 0 saturated heterocycles. The van der Waals surface area contributed by atoms with Crippen molar-refractivity contribution in [3.8, 4) is 5.75 Å². The van der Waals surface area contributed by atoms with E-state index in [2.05, 4.69) is 10.3 Å². The van der Waals surface area contributed by atoms with Crippen LogP contribution in [0, 0.1) is 11.7 Å². The Kier molecular flexibility index (Phi) is 7.77. The van der Waals surface area contributed by atoms with Gasteiger partial charge in [-0.05, 0) is 47.7 Å². The maximum atomic E-state index is 14.5. The fourth-order valence-corrected chi connectivity index (χ4v) is 4.29. The predicted molar refractivity (Wildman–Crippen MR) is 131 cm³/mol. The van der Waals surface area contributed by atoms with Crippen molar-refractivity contribution < 1.29 is 23.5 Å². The Morgan fingerprint density at radius 3 is 2.51 bits per heavy atom. The standard InChI is InChI=1S/C27H24ClFN2O4/c1-34-23-14-12-19(15-21(23)29)25-24(26(32)35-16-17-7-3-2-4-8-17)22(30-27(33)31-25)13-11-18-9-5-6-10-20(18)28/h2-10,12,14-15,24-25H,11,13,16H2,1H3,(H,31,33). The summed E-state index contributed by atoms with van der Waals surface area (Å²) in [6, 6.07) is 19.5. The molecule has 0 bridgehead atoms. The van der Waals surface area contributed by atoms with Crippen LogP contribution in [0.2, 0.25) is 5.02 Å². The third-order valence-electron chi connectivity index (χ3n) is 5.84. The van der Waals surface area contributed by atoms with Gasteiger partial charge in [0.25, 0.3) is 0 Å². The average molecular weight is 495 g/mol. The lowest BCUT2D eigenvalue weighted by Crippen LogP contribution is -2.45. The number of hydrogen-bond donors (Lipinski definition) is 1. The van der Waals surface area contributed by atoms with Crippen molar-refractivity contribution >= 4 is 29.3 Å². The Morgan fingerprint density at radius 2 is 1.80 bits per heavy atom. The van der Waals surface area contributed by atoms with E-state index in [1.54, 1.807) is 12.1 Å². The van der Waals surface area contributed by atoms with Gasteiger partial charge in [0.2, 0.25) is 0 Å². The van der Waals surface area contributed by atoms with Crippen LogP contribution in [0.15, 0.2) is 77.8 Å². The molecular formula is C27H24ClFN2O4. The van der Waals surface area contributed by atoms with E-state index >= 15 is 0 Å². The van der Waals surface area contributed by atoms with Gasteiger partial charge in [0.1, 0.15) is 12.5 Å². The summed E-state index contributed by atoms with van der Waals surface area (Å²) >= 11 is 6.29. The molecule has 0 saturated carbocycles. The second-order valence-electron chi connectivity index (χ2n) is 8.09. The summed E-state index contributed by atoms with van der Waals surface area (Å²) in [5.41, 5.74) is 2.45.